The van der Waals surface area contributed by atoms with Gasteiger partial charge in [0.2, 0.25) is 0 Å². The van der Waals surface area contributed by atoms with Crippen molar-refractivity contribution in [2.24, 2.45) is 0 Å². The molecule has 0 fully saturated rings. The predicted molar refractivity (Wildman–Crippen MR) is 98.7 cm³/mol. The minimum atomic E-state index is -0.380. The van der Waals surface area contributed by atoms with Crippen molar-refractivity contribution in [2.75, 3.05) is 27.3 Å². The van der Waals surface area contributed by atoms with Gasteiger partial charge in [-0.3, -0.25) is 4.79 Å². The second-order valence-corrected chi connectivity index (χ2v) is 5.78. The maximum atomic E-state index is 12.7. The van der Waals surface area contributed by atoms with Crippen molar-refractivity contribution in [3.8, 4) is 17.2 Å². The lowest BCUT2D eigenvalue weighted by atomic mass is 9.93. The van der Waals surface area contributed by atoms with E-state index < -0.39 is 0 Å². The van der Waals surface area contributed by atoms with Gasteiger partial charge in [0.15, 0.2) is 5.78 Å². The van der Waals surface area contributed by atoms with Crippen LogP contribution in [0.25, 0.3) is 11.6 Å². The molecule has 0 saturated carbocycles. The predicted octanol–water partition coefficient (Wildman–Crippen LogP) is 3.28. The molecule has 2 heterocycles. The lowest BCUT2D eigenvalue weighted by Gasteiger charge is -2.20. The van der Waals surface area contributed by atoms with Crippen molar-refractivity contribution in [1.82, 2.24) is 5.32 Å². The molecule has 0 saturated heterocycles. The van der Waals surface area contributed by atoms with Crippen LogP contribution in [0.1, 0.15) is 28.1 Å². The number of allylic oxidation sites excluding steroid dienone is 1. The minimum absolute atomic E-state index is 0.102. The number of phenols is 1. The Balaban J connectivity index is 2.08. The first-order chi connectivity index (χ1) is 12.7. The molecule has 6 nitrogen and oxygen atoms in total. The summed E-state index contributed by atoms with van der Waals surface area (Å²) in [5.74, 6) is 0.759. The number of phenolic OH excluding ortho intramolecular Hbond substituents is 1. The second-order valence-electron chi connectivity index (χ2n) is 5.78. The number of carbonyl (C=O) groups is 1. The summed E-state index contributed by atoms with van der Waals surface area (Å²) in [4.78, 5) is 12.7. The monoisotopic (exact) mass is 355 g/mol. The van der Waals surface area contributed by atoms with Crippen LogP contribution < -0.4 is 14.8 Å². The van der Waals surface area contributed by atoms with Crippen LogP contribution in [0.15, 0.2) is 41.0 Å². The van der Waals surface area contributed by atoms with E-state index in [9.17, 15) is 9.90 Å². The fourth-order valence-corrected chi connectivity index (χ4v) is 2.97. The Morgan fingerprint density at radius 3 is 2.73 bits per heavy atom. The van der Waals surface area contributed by atoms with Gasteiger partial charge in [-0.05, 0) is 42.8 Å². The third-order valence-electron chi connectivity index (χ3n) is 4.24. The SMILES string of the molecule is COc1cc(OC)c(C2=CCNCC2)c(O)c1C(=O)C=Cc1ccco1. The number of nitrogens with one attached hydrogen (secondary N) is 1. The first kappa shape index (κ1) is 17.8. The van der Waals surface area contributed by atoms with Crippen LogP contribution in [-0.2, 0) is 0 Å². The highest BCUT2D eigenvalue weighted by Gasteiger charge is 2.25. The molecule has 1 aliphatic rings. The molecule has 136 valence electrons. The quantitative estimate of drug-likeness (QED) is 0.611. The highest BCUT2D eigenvalue weighted by atomic mass is 16.5. The molecule has 0 spiro atoms. The minimum Gasteiger partial charge on any atom is -0.506 e. The summed E-state index contributed by atoms with van der Waals surface area (Å²) in [6.07, 6.45) is 7.14. The molecular formula is C20H21NO5. The molecule has 6 heteroatoms. The van der Waals surface area contributed by atoms with Gasteiger partial charge in [-0.25, -0.2) is 0 Å². The molecule has 0 aliphatic carbocycles. The van der Waals surface area contributed by atoms with Crippen molar-refractivity contribution >= 4 is 17.4 Å². The Morgan fingerprint density at radius 2 is 2.12 bits per heavy atom. The Labute approximate surface area is 151 Å². The molecule has 2 aromatic rings. The van der Waals surface area contributed by atoms with Crippen LogP contribution >= 0.6 is 0 Å². The first-order valence-corrected chi connectivity index (χ1v) is 8.29. The highest BCUT2D eigenvalue weighted by molar-refractivity contribution is 6.11. The molecule has 0 unspecified atom stereocenters. The lowest BCUT2D eigenvalue weighted by Crippen LogP contribution is -2.20. The zero-order valence-corrected chi connectivity index (χ0v) is 14.7. The van der Waals surface area contributed by atoms with E-state index in [0.717, 1.165) is 18.5 Å². The number of hydrogen-bond acceptors (Lipinski definition) is 6. The number of ketones is 1. The van der Waals surface area contributed by atoms with Gasteiger partial charge in [-0.1, -0.05) is 6.08 Å². The summed E-state index contributed by atoms with van der Waals surface area (Å²) in [7, 11) is 2.97. The van der Waals surface area contributed by atoms with Gasteiger partial charge in [0.05, 0.1) is 26.0 Å². The average molecular weight is 355 g/mol. The first-order valence-electron chi connectivity index (χ1n) is 8.29. The Kier molecular flexibility index (Phi) is 5.43. The summed E-state index contributed by atoms with van der Waals surface area (Å²) in [6, 6.07) is 5.10. The van der Waals surface area contributed by atoms with E-state index in [1.54, 1.807) is 24.3 Å². The fourth-order valence-electron chi connectivity index (χ4n) is 2.97. The molecule has 0 radical (unpaired) electrons. The summed E-state index contributed by atoms with van der Waals surface area (Å²) in [5, 5.41) is 14.1. The number of carbonyl (C=O) groups excluding carboxylic acids is 1. The standard InChI is InChI=1S/C20H21NO5/c1-24-16-12-17(25-2)19(15(22)6-5-14-4-3-11-26-14)20(23)18(16)13-7-9-21-10-8-13/h3-7,11-12,21,23H,8-10H2,1-2H3. The molecular weight excluding hydrogens is 334 g/mol. The molecule has 0 amide bonds. The molecule has 2 N–H and O–H groups in total. The maximum Gasteiger partial charge on any atom is 0.193 e. The third kappa shape index (κ3) is 3.50. The number of methoxy groups -OCH3 is 2. The molecule has 0 bridgehead atoms. The van der Waals surface area contributed by atoms with Crippen molar-refractivity contribution < 1.29 is 23.8 Å². The Morgan fingerprint density at radius 1 is 1.31 bits per heavy atom. The molecule has 3 rings (SSSR count). The molecule has 1 aromatic heterocycles. The van der Waals surface area contributed by atoms with E-state index in [1.807, 2.05) is 6.08 Å². The van der Waals surface area contributed by atoms with E-state index in [0.29, 0.717) is 23.6 Å². The second kappa shape index (κ2) is 7.93. The van der Waals surface area contributed by atoms with Gasteiger partial charge >= 0.3 is 0 Å². The number of aromatic hydroxyl groups is 1. The summed E-state index contributed by atoms with van der Waals surface area (Å²) >= 11 is 0. The van der Waals surface area contributed by atoms with Crippen molar-refractivity contribution in [3.63, 3.8) is 0 Å². The van der Waals surface area contributed by atoms with Crippen LogP contribution in [0.4, 0.5) is 0 Å². The van der Waals surface area contributed by atoms with E-state index in [4.69, 9.17) is 13.9 Å². The van der Waals surface area contributed by atoms with Crippen molar-refractivity contribution in [3.05, 3.63) is 53.5 Å². The van der Waals surface area contributed by atoms with Crippen LogP contribution in [0.5, 0.6) is 17.2 Å². The van der Waals surface area contributed by atoms with E-state index in [1.165, 1.54) is 26.6 Å². The molecule has 26 heavy (non-hydrogen) atoms. The highest BCUT2D eigenvalue weighted by Crippen LogP contribution is 2.43. The number of benzene rings is 1. The van der Waals surface area contributed by atoms with E-state index >= 15 is 0 Å². The number of hydrogen-bond donors (Lipinski definition) is 2. The maximum absolute atomic E-state index is 12.7. The summed E-state index contributed by atoms with van der Waals surface area (Å²) in [5.41, 5.74) is 1.57. The number of ether oxygens (including phenoxy) is 2. The average Bonchev–Trinajstić information content (AvgIpc) is 3.19. The lowest BCUT2D eigenvalue weighted by molar-refractivity contribution is 0.104. The van der Waals surface area contributed by atoms with E-state index in [-0.39, 0.29) is 22.8 Å². The Hall–Kier alpha value is -2.99. The third-order valence-corrected chi connectivity index (χ3v) is 4.24. The number of rotatable bonds is 6. The van der Waals surface area contributed by atoms with Gasteiger partial charge in [-0.15, -0.1) is 0 Å². The van der Waals surface area contributed by atoms with Crippen LogP contribution in [0.3, 0.4) is 0 Å². The summed E-state index contributed by atoms with van der Waals surface area (Å²) in [6.45, 7) is 1.49. The van der Waals surface area contributed by atoms with Crippen LogP contribution in [0, 0.1) is 0 Å². The van der Waals surface area contributed by atoms with Gasteiger partial charge in [0, 0.05) is 12.6 Å². The molecule has 1 aromatic carbocycles. The van der Waals surface area contributed by atoms with Crippen LogP contribution in [0.2, 0.25) is 0 Å². The van der Waals surface area contributed by atoms with Crippen molar-refractivity contribution in [1.29, 1.82) is 0 Å². The smallest absolute Gasteiger partial charge is 0.193 e. The van der Waals surface area contributed by atoms with Crippen LogP contribution in [-0.4, -0.2) is 38.2 Å². The fraction of sp³-hybridized carbons (Fsp3) is 0.250. The summed E-state index contributed by atoms with van der Waals surface area (Å²) < 4.78 is 15.9. The van der Waals surface area contributed by atoms with Crippen molar-refractivity contribution in [2.45, 2.75) is 6.42 Å². The van der Waals surface area contributed by atoms with Gasteiger partial charge in [0.25, 0.3) is 0 Å². The zero-order valence-electron chi connectivity index (χ0n) is 14.7. The Bertz CT molecular complexity index is 850. The topological polar surface area (TPSA) is 80.9 Å². The molecule has 1 aliphatic heterocycles. The van der Waals surface area contributed by atoms with E-state index in [2.05, 4.69) is 5.32 Å². The molecule has 0 atom stereocenters. The van der Waals surface area contributed by atoms with Gasteiger partial charge < -0.3 is 24.3 Å². The number of furan rings is 1. The van der Waals surface area contributed by atoms with Gasteiger partial charge in [-0.2, -0.15) is 0 Å². The largest absolute Gasteiger partial charge is 0.506 e. The zero-order chi connectivity index (χ0) is 18.5. The van der Waals surface area contributed by atoms with Gasteiger partial charge in [0.1, 0.15) is 28.6 Å². The normalized spacial score (nSPS) is 14.3.